The normalized spacial score (nSPS) is 16.0. The minimum Gasteiger partial charge on any atom is -0.490 e. The van der Waals surface area contributed by atoms with Crippen LogP contribution in [0.5, 0.6) is 11.5 Å². The van der Waals surface area contributed by atoms with Gasteiger partial charge in [0.1, 0.15) is 12.4 Å². The standard InChI is InChI=1S/C20H23Cl2NO2/c1-23-9-7-16(8-10-23)14-25-20-18(21)11-17(12-19(20)22)24-13-15-5-3-2-4-6-15/h2-6,11-12,16H,7-10,13-14H2,1H3. The quantitative estimate of drug-likeness (QED) is 0.680. The van der Waals surface area contributed by atoms with E-state index in [9.17, 15) is 0 Å². The van der Waals surface area contributed by atoms with Gasteiger partial charge in [-0.3, -0.25) is 0 Å². The molecular formula is C20H23Cl2NO2. The number of piperidine rings is 1. The number of likely N-dealkylation sites (tertiary alicyclic amines) is 1. The average Bonchev–Trinajstić information content (AvgIpc) is 2.62. The molecule has 0 saturated carbocycles. The van der Waals surface area contributed by atoms with Crippen molar-refractivity contribution in [2.45, 2.75) is 19.4 Å². The van der Waals surface area contributed by atoms with Gasteiger partial charge in [-0.15, -0.1) is 0 Å². The molecule has 0 unspecified atom stereocenters. The van der Waals surface area contributed by atoms with Crippen LogP contribution in [0.3, 0.4) is 0 Å². The summed E-state index contributed by atoms with van der Waals surface area (Å²) in [6, 6.07) is 13.5. The number of nitrogens with zero attached hydrogens (tertiary/aromatic N) is 1. The third kappa shape index (κ3) is 5.27. The van der Waals surface area contributed by atoms with E-state index in [2.05, 4.69) is 11.9 Å². The summed E-state index contributed by atoms with van der Waals surface area (Å²) in [6.07, 6.45) is 2.29. The molecule has 1 aliphatic rings. The summed E-state index contributed by atoms with van der Waals surface area (Å²) in [6.45, 7) is 3.35. The van der Waals surface area contributed by atoms with E-state index in [-0.39, 0.29) is 0 Å². The number of halogens is 2. The first-order valence-corrected chi connectivity index (χ1v) is 9.34. The fraction of sp³-hybridized carbons (Fsp3) is 0.400. The van der Waals surface area contributed by atoms with E-state index >= 15 is 0 Å². The van der Waals surface area contributed by atoms with Crippen LogP contribution in [0.25, 0.3) is 0 Å². The first kappa shape index (κ1) is 18.4. The second-order valence-electron chi connectivity index (χ2n) is 6.55. The molecule has 0 N–H and O–H groups in total. The van der Waals surface area contributed by atoms with Gasteiger partial charge >= 0.3 is 0 Å². The molecule has 0 amide bonds. The summed E-state index contributed by atoms with van der Waals surface area (Å²) in [4.78, 5) is 2.34. The minimum atomic E-state index is 0.475. The van der Waals surface area contributed by atoms with Gasteiger partial charge in [0, 0.05) is 12.1 Å². The van der Waals surface area contributed by atoms with E-state index in [1.165, 1.54) is 0 Å². The van der Waals surface area contributed by atoms with Gasteiger partial charge in [0.15, 0.2) is 5.75 Å². The molecule has 0 atom stereocenters. The Labute approximate surface area is 159 Å². The molecule has 5 heteroatoms. The van der Waals surface area contributed by atoms with Crippen molar-refractivity contribution >= 4 is 23.2 Å². The maximum absolute atomic E-state index is 6.36. The Hall–Kier alpha value is -1.42. The Kier molecular flexibility index (Phi) is 6.46. The van der Waals surface area contributed by atoms with Crippen molar-refractivity contribution in [2.24, 2.45) is 5.92 Å². The van der Waals surface area contributed by atoms with E-state index in [0.717, 1.165) is 31.5 Å². The zero-order valence-electron chi connectivity index (χ0n) is 14.4. The summed E-state index contributed by atoms with van der Waals surface area (Å²) in [5.41, 5.74) is 1.09. The largest absolute Gasteiger partial charge is 0.490 e. The van der Waals surface area contributed by atoms with E-state index in [1.54, 1.807) is 12.1 Å². The van der Waals surface area contributed by atoms with Gasteiger partial charge in [-0.1, -0.05) is 53.5 Å². The molecule has 0 radical (unpaired) electrons. The lowest BCUT2D eigenvalue weighted by Gasteiger charge is -2.29. The van der Waals surface area contributed by atoms with Crippen molar-refractivity contribution in [3.63, 3.8) is 0 Å². The predicted octanol–water partition coefficient (Wildman–Crippen LogP) is 5.29. The molecule has 3 nitrogen and oxygen atoms in total. The van der Waals surface area contributed by atoms with Crippen LogP contribution in [-0.2, 0) is 6.61 Å². The summed E-state index contributed by atoms with van der Waals surface area (Å²) < 4.78 is 11.7. The monoisotopic (exact) mass is 379 g/mol. The molecule has 134 valence electrons. The van der Waals surface area contributed by atoms with Crippen molar-refractivity contribution in [1.29, 1.82) is 0 Å². The lowest BCUT2D eigenvalue weighted by molar-refractivity contribution is 0.160. The highest BCUT2D eigenvalue weighted by molar-refractivity contribution is 6.37. The van der Waals surface area contributed by atoms with Gasteiger partial charge in [0.2, 0.25) is 0 Å². The van der Waals surface area contributed by atoms with Gasteiger partial charge in [0.05, 0.1) is 16.7 Å². The van der Waals surface area contributed by atoms with Crippen molar-refractivity contribution < 1.29 is 9.47 Å². The van der Waals surface area contributed by atoms with Gasteiger partial charge in [-0.25, -0.2) is 0 Å². The first-order valence-electron chi connectivity index (χ1n) is 8.59. The molecule has 0 spiro atoms. The number of hydrogen-bond acceptors (Lipinski definition) is 3. The maximum Gasteiger partial charge on any atom is 0.156 e. The molecule has 0 aliphatic carbocycles. The predicted molar refractivity (Wildman–Crippen MR) is 103 cm³/mol. The van der Waals surface area contributed by atoms with Gasteiger partial charge < -0.3 is 14.4 Å². The molecular weight excluding hydrogens is 357 g/mol. The first-order chi connectivity index (χ1) is 12.1. The number of hydrogen-bond donors (Lipinski definition) is 0. The number of benzene rings is 2. The molecule has 1 saturated heterocycles. The van der Waals surface area contributed by atoms with Crippen LogP contribution in [0.15, 0.2) is 42.5 Å². The molecule has 0 bridgehead atoms. The van der Waals surface area contributed by atoms with Crippen molar-refractivity contribution in [2.75, 3.05) is 26.7 Å². The van der Waals surface area contributed by atoms with Crippen LogP contribution in [0, 0.1) is 5.92 Å². The van der Waals surface area contributed by atoms with Crippen molar-refractivity contribution in [1.82, 2.24) is 4.90 Å². The molecule has 2 aromatic carbocycles. The fourth-order valence-corrected chi connectivity index (χ4v) is 3.50. The molecule has 2 aromatic rings. The van der Waals surface area contributed by atoms with E-state index in [0.29, 0.717) is 40.7 Å². The second kappa shape index (κ2) is 8.79. The third-order valence-electron chi connectivity index (χ3n) is 4.52. The lowest BCUT2D eigenvalue weighted by atomic mass is 9.98. The van der Waals surface area contributed by atoms with Crippen molar-refractivity contribution in [3.05, 3.63) is 58.1 Å². The second-order valence-corrected chi connectivity index (χ2v) is 7.36. The van der Waals surface area contributed by atoms with Crippen LogP contribution in [0.2, 0.25) is 10.0 Å². The molecule has 1 aliphatic heterocycles. The Morgan fingerprint density at radius 1 is 1.00 bits per heavy atom. The summed E-state index contributed by atoms with van der Waals surface area (Å²) >= 11 is 12.7. The van der Waals surface area contributed by atoms with E-state index in [1.807, 2.05) is 30.3 Å². The summed E-state index contributed by atoms with van der Waals surface area (Å²) in [5.74, 6) is 1.75. The Balaban J connectivity index is 1.58. The zero-order chi connectivity index (χ0) is 17.6. The molecule has 1 fully saturated rings. The summed E-state index contributed by atoms with van der Waals surface area (Å²) in [5, 5.41) is 0.979. The van der Waals surface area contributed by atoms with Crippen LogP contribution in [0.1, 0.15) is 18.4 Å². The highest BCUT2D eigenvalue weighted by Gasteiger charge is 2.19. The molecule has 0 aromatic heterocycles. The van der Waals surface area contributed by atoms with Gasteiger partial charge in [-0.2, -0.15) is 0 Å². The number of rotatable bonds is 6. The molecule has 25 heavy (non-hydrogen) atoms. The maximum atomic E-state index is 6.36. The zero-order valence-corrected chi connectivity index (χ0v) is 15.9. The number of ether oxygens (including phenoxy) is 2. The smallest absolute Gasteiger partial charge is 0.156 e. The highest BCUT2D eigenvalue weighted by atomic mass is 35.5. The minimum absolute atomic E-state index is 0.475. The SMILES string of the molecule is CN1CCC(COc2c(Cl)cc(OCc3ccccc3)cc2Cl)CC1. The average molecular weight is 380 g/mol. The van der Waals surface area contributed by atoms with Crippen LogP contribution in [0.4, 0.5) is 0 Å². The highest BCUT2D eigenvalue weighted by Crippen LogP contribution is 2.37. The summed E-state index contributed by atoms with van der Waals surface area (Å²) in [7, 11) is 2.15. The van der Waals surface area contributed by atoms with Crippen LogP contribution < -0.4 is 9.47 Å². The van der Waals surface area contributed by atoms with Crippen LogP contribution >= 0.6 is 23.2 Å². The Morgan fingerprint density at radius 2 is 1.64 bits per heavy atom. The van der Waals surface area contributed by atoms with Gasteiger partial charge in [0.25, 0.3) is 0 Å². The van der Waals surface area contributed by atoms with Crippen LogP contribution in [-0.4, -0.2) is 31.6 Å². The Bertz CT molecular complexity index is 662. The lowest BCUT2D eigenvalue weighted by Crippen LogP contribution is -2.32. The third-order valence-corrected chi connectivity index (χ3v) is 5.08. The Morgan fingerprint density at radius 3 is 2.28 bits per heavy atom. The van der Waals surface area contributed by atoms with E-state index in [4.69, 9.17) is 32.7 Å². The topological polar surface area (TPSA) is 21.7 Å². The van der Waals surface area contributed by atoms with Crippen molar-refractivity contribution in [3.8, 4) is 11.5 Å². The fourth-order valence-electron chi connectivity index (χ4n) is 2.93. The molecule has 3 rings (SSSR count). The molecule has 1 heterocycles. The van der Waals surface area contributed by atoms with E-state index < -0.39 is 0 Å². The van der Waals surface area contributed by atoms with Gasteiger partial charge in [-0.05, 0) is 44.5 Å².